The Hall–Kier alpha value is -3.55. The fourth-order valence-electron chi connectivity index (χ4n) is 2.64. The number of ether oxygens (including phenoxy) is 1. The Labute approximate surface area is 198 Å². The third kappa shape index (κ3) is 10.1. The van der Waals surface area contributed by atoms with Crippen LogP contribution in [0, 0.1) is 6.57 Å². The minimum absolute atomic E-state index is 0.211. The van der Waals surface area contributed by atoms with Crippen molar-refractivity contribution < 1.29 is 14.3 Å². The number of carbonyl (C=O) groups excluding carboxylic acids is 2. The van der Waals surface area contributed by atoms with E-state index < -0.39 is 6.03 Å². The molecule has 1 heterocycles. The SMILES string of the molecule is [C-]#[N+]c1ccc(NC(=O)Nc2cc(Cl)ccc2OCCCNC(=O)NCCCN(C)C)nc1. The minimum Gasteiger partial charge on any atom is -0.491 e. The van der Waals surface area contributed by atoms with Crippen molar-refractivity contribution in [1.82, 2.24) is 20.5 Å². The molecule has 2 rings (SSSR count). The lowest BCUT2D eigenvalue weighted by molar-refractivity contribution is 0.238. The predicted octanol–water partition coefficient (Wildman–Crippen LogP) is 3.95. The van der Waals surface area contributed by atoms with Crippen LogP contribution in [0.25, 0.3) is 4.85 Å². The predicted molar refractivity (Wildman–Crippen MR) is 129 cm³/mol. The molecule has 1 aromatic heterocycles. The number of hydrogen-bond donors (Lipinski definition) is 4. The van der Waals surface area contributed by atoms with Gasteiger partial charge >= 0.3 is 12.1 Å². The summed E-state index contributed by atoms with van der Waals surface area (Å²) in [6.07, 6.45) is 2.83. The zero-order valence-electron chi connectivity index (χ0n) is 18.7. The Morgan fingerprint density at radius 3 is 2.52 bits per heavy atom. The topological polar surface area (TPSA) is 112 Å². The van der Waals surface area contributed by atoms with E-state index in [2.05, 4.69) is 36.0 Å². The van der Waals surface area contributed by atoms with Gasteiger partial charge in [-0.25, -0.2) is 14.4 Å². The summed E-state index contributed by atoms with van der Waals surface area (Å²) in [6.45, 7) is 9.23. The maximum absolute atomic E-state index is 12.3. The molecule has 0 spiro atoms. The van der Waals surface area contributed by atoms with Crippen LogP contribution >= 0.6 is 11.6 Å². The Morgan fingerprint density at radius 1 is 1.09 bits per heavy atom. The van der Waals surface area contributed by atoms with Crippen LogP contribution in [0.1, 0.15) is 12.8 Å². The summed E-state index contributed by atoms with van der Waals surface area (Å²) in [7, 11) is 3.98. The normalized spacial score (nSPS) is 10.3. The number of rotatable bonds is 11. The average molecular weight is 474 g/mol. The largest absolute Gasteiger partial charge is 0.491 e. The highest BCUT2D eigenvalue weighted by molar-refractivity contribution is 6.31. The van der Waals surface area contributed by atoms with Gasteiger partial charge in [0.05, 0.1) is 18.9 Å². The molecule has 11 heteroatoms. The zero-order valence-corrected chi connectivity index (χ0v) is 19.4. The summed E-state index contributed by atoms with van der Waals surface area (Å²) in [4.78, 5) is 33.4. The quantitative estimate of drug-likeness (QED) is 0.291. The Kier molecular flexibility index (Phi) is 10.7. The smallest absolute Gasteiger partial charge is 0.324 e. The highest BCUT2D eigenvalue weighted by Gasteiger charge is 2.10. The van der Waals surface area contributed by atoms with Crippen molar-refractivity contribution >= 4 is 40.9 Å². The van der Waals surface area contributed by atoms with E-state index in [-0.39, 0.29) is 6.03 Å². The highest BCUT2D eigenvalue weighted by Crippen LogP contribution is 2.28. The molecule has 0 aliphatic carbocycles. The lowest BCUT2D eigenvalue weighted by Gasteiger charge is -2.14. The van der Waals surface area contributed by atoms with Crippen molar-refractivity contribution in [1.29, 1.82) is 0 Å². The second-order valence-electron chi connectivity index (χ2n) is 7.27. The number of nitrogens with one attached hydrogen (secondary N) is 4. The summed E-state index contributed by atoms with van der Waals surface area (Å²) in [5, 5.41) is 11.3. The molecule has 0 atom stereocenters. The molecule has 0 saturated carbocycles. The number of anilines is 2. The molecule has 0 aliphatic rings. The number of urea groups is 2. The van der Waals surface area contributed by atoms with Crippen LogP contribution in [0.4, 0.5) is 26.8 Å². The molecule has 4 N–H and O–H groups in total. The minimum atomic E-state index is -0.530. The van der Waals surface area contributed by atoms with E-state index in [1.807, 2.05) is 14.1 Å². The van der Waals surface area contributed by atoms with Crippen molar-refractivity contribution in [2.24, 2.45) is 0 Å². The maximum Gasteiger partial charge on any atom is 0.324 e. The Balaban J connectivity index is 1.76. The number of nitrogens with zero attached hydrogens (tertiary/aromatic N) is 3. The second-order valence-corrected chi connectivity index (χ2v) is 7.71. The zero-order chi connectivity index (χ0) is 24.1. The van der Waals surface area contributed by atoms with Crippen molar-refractivity contribution in [2.45, 2.75) is 12.8 Å². The lowest BCUT2D eigenvalue weighted by Crippen LogP contribution is -2.37. The molecule has 0 bridgehead atoms. The summed E-state index contributed by atoms with van der Waals surface area (Å²) >= 11 is 6.06. The number of halogens is 1. The van der Waals surface area contributed by atoms with Crippen LogP contribution in [-0.4, -0.2) is 62.3 Å². The van der Waals surface area contributed by atoms with Crippen molar-refractivity contribution in [2.75, 3.05) is 51.0 Å². The number of benzene rings is 1. The summed E-state index contributed by atoms with van der Waals surface area (Å²) in [5.41, 5.74) is 0.771. The van der Waals surface area contributed by atoms with Crippen molar-refractivity contribution in [3.63, 3.8) is 0 Å². The molecule has 4 amide bonds. The molecule has 0 fully saturated rings. The molecule has 176 valence electrons. The van der Waals surface area contributed by atoms with Crippen LogP contribution in [0.15, 0.2) is 36.5 Å². The molecular formula is C22H28ClN7O3. The summed E-state index contributed by atoms with van der Waals surface area (Å²) in [5.74, 6) is 0.745. The third-order valence-corrected chi connectivity index (χ3v) is 4.48. The van der Waals surface area contributed by atoms with E-state index in [1.54, 1.807) is 24.3 Å². The van der Waals surface area contributed by atoms with E-state index >= 15 is 0 Å². The van der Waals surface area contributed by atoms with Gasteiger partial charge in [-0.2, -0.15) is 0 Å². The van der Waals surface area contributed by atoms with E-state index in [1.165, 1.54) is 12.3 Å². The van der Waals surface area contributed by atoms with Gasteiger partial charge in [-0.05, 0) is 57.7 Å². The van der Waals surface area contributed by atoms with Crippen molar-refractivity contribution in [3.05, 3.63) is 53.0 Å². The van der Waals surface area contributed by atoms with Gasteiger partial charge in [0.15, 0.2) is 0 Å². The van der Waals surface area contributed by atoms with Gasteiger partial charge in [0.1, 0.15) is 11.6 Å². The molecule has 2 aromatic rings. The molecular weight excluding hydrogens is 446 g/mol. The Morgan fingerprint density at radius 2 is 1.85 bits per heavy atom. The van der Waals surface area contributed by atoms with Gasteiger partial charge in [-0.15, -0.1) is 0 Å². The second kappa shape index (κ2) is 13.8. The third-order valence-electron chi connectivity index (χ3n) is 4.24. The number of hydrogen-bond acceptors (Lipinski definition) is 5. The highest BCUT2D eigenvalue weighted by atomic mass is 35.5. The van der Waals surface area contributed by atoms with Gasteiger partial charge in [0.2, 0.25) is 5.69 Å². The molecule has 0 aliphatic heterocycles. The molecule has 0 radical (unpaired) electrons. The van der Waals surface area contributed by atoms with Crippen LogP contribution < -0.4 is 26.0 Å². The fraction of sp³-hybridized carbons (Fsp3) is 0.364. The molecule has 1 aromatic carbocycles. The average Bonchev–Trinajstić information content (AvgIpc) is 2.78. The Bertz CT molecular complexity index is 961. The first-order chi connectivity index (χ1) is 15.9. The van der Waals surface area contributed by atoms with Crippen LogP contribution in [0.2, 0.25) is 5.02 Å². The summed E-state index contributed by atoms with van der Waals surface area (Å²) in [6, 6.07) is 7.24. The fourth-order valence-corrected chi connectivity index (χ4v) is 2.81. The first-order valence-corrected chi connectivity index (χ1v) is 10.8. The first kappa shape index (κ1) is 25.7. The molecule has 0 saturated heterocycles. The van der Waals surface area contributed by atoms with E-state index in [0.717, 1.165) is 13.0 Å². The van der Waals surface area contributed by atoms with Gasteiger partial charge < -0.3 is 25.6 Å². The first-order valence-electron chi connectivity index (χ1n) is 10.4. The van der Waals surface area contributed by atoms with Gasteiger partial charge in [-0.3, -0.25) is 10.3 Å². The van der Waals surface area contributed by atoms with E-state index in [9.17, 15) is 9.59 Å². The number of carbonyl (C=O) groups is 2. The molecule has 0 unspecified atom stereocenters. The van der Waals surface area contributed by atoms with Gasteiger partial charge in [0, 0.05) is 24.3 Å². The summed E-state index contributed by atoms with van der Waals surface area (Å²) < 4.78 is 5.75. The number of aromatic nitrogens is 1. The van der Waals surface area contributed by atoms with Gasteiger partial charge in [-0.1, -0.05) is 17.7 Å². The van der Waals surface area contributed by atoms with Crippen LogP contribution in [-0.2, 0) is 0 Å². The molecule has 10 nitrogen and oxygen atoms in total. The van der Waals surface area contributed by atoms with Gasteiger partial charge in [0.25, 0.3) is 0 Å². The molecule has 33 heavy (non-hydrogen) atoms. The van der Waals surface area contributed by atoms with Crippen molar-refractivity contribution in [3.8, 4) is 5.75 Å². The number of pyridine rings is 1. The number of amides is 4. The standard InChI is InChI=1S/C22H28ClN7O3/c1-24-17-7-9-20(27-15-17)29-22(32)28-18-14-16(23)6-8-19(18)33-13-5-11-26-21(31)25-10-4-12-30(2)3/h6-9,14-15H,4-5,10-13H2,2-3H3,(H2,25,26,31)(H2,27,28,29,32). The van der Waals surface area contributed by atoms with Crippen LogP contribution in [0.3, 0.4) is 0 Å². The monoisotopic (exact) mass is 473 g/mol. The lowest BCUT2D eigenvalue weighted by atomic mass is 10.3. The van der Waals surface area contributed by atoms with E-state index in [4.69, 9.17) is 22.9 Å². The van der Waals surface area contributed by atoms with E-state index in [0.29, 0.717) is 54.1 Å². The maximum atomic E-state index is 12.3. The van der Waals surface area contributed by atoms with Crippen LogP contribution in [0.5, 0.6) is 5.75 Å².